The molecule has 26 heavy (non-hydrogen) atoms. The molecule has 0 spiro atoms. The quantitative estimate of drug-likeness (QED) is 0.710. The minimum Gasteiger partial charge on any atom is -0.478 e. The van der Waals surface area contributed by atoms with Gasteiger partial charge < -0.3 is 5.11 Å². The Balaban J connectivity index is 1.55. The van der Waals surface area contributed by atoms with Crippen LogP contribution in [0.2, 0.25) is 0 Å². The Morgan fingerprint density at radius 3 is 2.73 bits per heavy atom. The van der Waals surface area contributed by atoms with E-state index in [-0.39, 0.29) is 5.41 Å². The molecule has 4 rings (SSSR count). The summed E-state index contributed by atoms with van der Waals surface area (Å²) in [6.45, 7) is 4.92. The zero-order valence-electron chi connectivity index (χ0n) is 16.2. The minimum atomic E-state index is -0.834. The first-order valence-corrected chi connectivity index (χ1v) is 10.5. The molecule has 3 heteroatoms. The fraction of sp³-hybridized carbons (Fsp3) is 0.739. The van der Waals surface area contributed by atoms with E-state index < -0.39 is 5.97 Å². The van der Waals surface area contributed by atoms with E-state index in [2.05, 4.69) is 13.8 Å². The number of carbonyl (C=O) groups is 2. The second-order valence-electron chi connectivity index (χ2n) is 9.76. The SMILES string of the molecule is CC12CCC(=O)C=C1CCC1C2CCC2(C)C(C/C=C/C(=O)O)CCC12. The number of ketones is 1. The first-order chi connectivity index (χ1) is 12.3. The van der Waals surface area contributed by atoms with Gasteiger partial charge in [-0.25, -0.2) is 4.79 Å². The van der Waals surface area contributed by atoms with E-state index in [9.17, 15) is 9.59 Å². The largest absolute Gasteiger partial charge is 0.478 e. The summed E-state index contributed by atoms with van der Waals surface area (Å²) in [4.78, 5) is 22.7. The summed E-state index contributed by atoms with van der Waals surface area (Å²) in [6.07, 6.45) is 15.3. The number of hydrogen-bond donors (Lipinski definition) is 1. The summed E-state index contributed by atoms with van der Waals surface area (Å²) in [5.41, 5.74) is 2.06. The maximum absolute atomic E-state index is 11.9. The molecule has 0 amide bonds. The molecule has 1 N–H and O–H groups in total. The van der Waals surface area contributed by atoms with E-state index in [0.717, 1.165) is 43.4 Å². The van der Waals surface area contributed by atoms with Crippen molar-refractivity contribution in [2.45, 2.75) is 71.6 Å². The summed E-state index contributed by atoms with van der Waals surface area (Å²) in [6, 6.07) is 0. The number of rotatable bonds is 3. The van der Waals surface area contributed by atoms with E-state index in [1.54, 1.807) is 0 Å². The van der Waals surface area contributed by atoms with E-state index in [4.69, 9.17) is 5.11 Å². The van der Waals surface area contributed by atoms with E-state index >= 15 is 0 Å². The van der Waals surface area contributed by atoms with Crippen molar-refractivity contribution in [3.8, 4) is 0 Å². The molecular weight excluding hydrogens is 324 g/mol. The lowest BCUT2D eigenvalue weighted by Gasteiger charge is -2.58. The number of fused-ring (bicyclic) bond motifs is 5. The van der Waals surface area contributed by atoms with Crippen molar-refractivity contribution in [1.29, 1.82) is 0 Å². The fourth-order valence-corrected chi connectivity index (χ4v) is 7.39. The van der Waals surface area contributed by atoms with Gasteiger partial charge in [-0.15, -0.1) is 0 Å². The fourth-order valence-electron chi connectivity index (χ4n) is 7.39. The van der Waals surface area contributed by atoms with Crippen LogP contribution in [-0.2, 0) is 9.59 Å². The zero-order valence-corrected chi connectivity index (χ0v) is 16.2. The van der Waals surface area contributed by atoms with Gasteiger partial charge in [-0.3, -0.25) is 4.79 Å². The molecule has 0 radical (unpaired) electrons. The Hall–Kier alpha value is -1.38. The van der Waals surface area contributed by atoms with Crippen LogP contribution in [0.4, 0.5) is 0 Å². The van der Waals surface area contributed by atoms with Gasteiger partial charge in [-0.2, -0.15) is 0 Å². The standard InChI is InChI=1S/C23H32O3/c1-22-13-11-20-18(8-6-16-14-17(24)10-12-23(16,20)2)19(22)9-7-15(22)4-3-5-21(25)26/h3,5,14-15,18-20H,4,6-13H2,1-2H3,(H,25,26)/b5-3+. The summed E-state index contributed by atoms with van der Waals surface area (Å²) in [5.74, 6) is 2.43. The molecule has 3 fully saturated rings. The van der Waals surface area contributed by atoms with Crippen molar-refractivity contribution < 1.29 is 14.7 Å². The van der Waals surface area contributed by atoms with Crippen LogP contribution in [0.15, 0.2) is 23.8 Å². The van der Waals surface area contributed by atoms with Gasteiger partial charge in [0.2, 0.25) is 0 Å². The van der Waals surface area contributed by atoms with Crippen LogP contribution in [-0.4, -0.2) is 16.9 Å². The number of aliphatic carboxylic acids is 1. The molecule has 4 aliphatic carbocycles. The number of allylic oxidation sites excluding steroid dienone is 2. The molecule has 0 aliphatic heterocycles. The molecule has 0 heterocycles. The maximum atomic E-state index is 11.9. The van der Waals surface area contributed by atoms with Gasteiger partial charge in [-0.05, 0) is 91.9 Å². The lowest BCUT2D eigenvalue weighted by Crippen LogP contribution is -2.50. The average molecular weight is 357 g/mol. The highest BCUT2D eigenvalue weighted by atomic mass is 16.4. The molecule has 6 atom stereocenters. The Kier molecular flexibility index (Phi) is 4.40. The predicted octanol–water partition coefficient (Wildman–Crippen LogP) is 5.17. The Morgan fingerprint density at radius 2 is 1.96 bits per heavy atom. The summed E-state index contributed by atoms with van der Waals surface area (Å²) < 4.78 is 0. The van der Waals surface area contributed by atoms with Crippen molar-refractivity contribution in [3.05, 3.63) is 23.8 Å². The monoisotopic (exact) mass is 356 g/mol. The third-order valence-electron chi connectivity index (χ3n) is 8.84. The molecule has 142 valence electrons. The van der Waals surface area contributed by atoms with Gasteiger partial charge >= 0.3 is 5.97 Å². The molecule has 0 aromatic carbocycles. The Morgan fingerprint density at radius 1 is 1.15 bits per heavy atom. The van der Waals surface area contributed by atoms with Crippen LogP contribution in [0.5, 0.6) is 0 Å². The predicted molar refractivity (Wildman–Crippen MR) is 102 cm³/mol. The molecule has 6 unspecified atom stereocenters. The zero-order chi connectivity index (χ0) is 18.5. The highest BCUT2D eigenvalue weighted by molar-refractivity contribution is 5.91. The topological polar surface area (TPSA) is 54.4 Å². The highest BCUT2D eigenvalue weighted by Crippen LogP contribution is 2.67. The van der Waals surface area contributed by atoms with Gasteiger partial charge in [0.1, 0.15) is 0 Å². The van der Waals surface area contributed by atoms with Crippen LogP contribution in [0.3, 0.4) is 0 Å². The van der Waals surface area contributed by atoms with Crippen molar-refractivity contribution in [1.82, 2.24) is 0 Å². The van der Waals surface area contributed by atoms with Crippen LogP contribution >= 0.6 is 0 Å². The number of hydrogen-bond acceptors (Lipinski definition) is 2. The van der Waals surface area contributed by atoms with Crippen LogP contribution < -0.4 is 0 Å². The normalized spacial score (nSPS) is 45.0. The van der Waals surface area contributed by atoms with Crippen molar-refractivity contribution >= 4 is 11.8 Å². The van der Waals surface area contributed by atoms with Gasteiger partial charge in [0.15, 0.2) is 5.78 Å². The molecule has 3 nitrogen and oxygen atoms in total. The van der Waals surface area contributed by atoms with Crippen molar-refractivity contribution in [2.24, 2.45) is 34.5 Å². The molecule has 3 saturated carbocycles. The van der Waals surface area contributed by atoms with Gasteiger partial charge in [-0.1, -0.05) is 25.5 Å². The van der Waals surface area contributed by atoms with Gasteiger partial charge in [0, 0.05) is 12.5 Å². The van der Waals surface area contributed by atoms with Crippen LogP contribution in [0.1, 0.15) is 71.6 Å². The van der Waals surface area contributed by atoms with Crippen molar-refractivity contribution in [3.63, 3.8) is 0 Å². The third kappa shape index (κ3) is 2.70. The first-order valence-electron chi connectivity index (χ1n) is 10.5. The smallest absolute Gasteiger partial charge is 0.327 e. The Labute approximate surface area is 156 Å². The molecule has 0 aromatic heterocycles. The number of carboxylic acids is 1. The van der Waals surface area contributed by atoms with Gasteiger partial charge in [0.05, 0.1) is 0 Å². The molecule has 4 aliphatic rings. The molecule has 0 bridgehead atoms. The summed E-state index contributed by atoms with van der Waals surface area (Å²) in [7, 11) is 0. The molecule has 0 aromatic rings. The second kappa shape index (κ2) is 6.35. The third-order valence-corrected chi connectivity index (χ3v) is 8.84. The first kappa shape index (κ1) is 18.0. The average Bonchev–Trinajstić information content (AvgIpc) is 2.92. The number of carboxylic acid groups (broad SMARTS) is 1. The van der Waals surface area contributed by atoms with Crippen molar-refractivity contribution in [2.75, 3.05) is 0 Å². The summed E-state index contributed by atoms with van der Waals surface area (Å²) >= 11 is 0. The number of carbonyl (C=O) groups excluding carboxylic acids is 1. The summed E-state index contributed by atoms with van der Waals surface area (Å²) in [5, 5.41) is 8.88. The minimum absolute atomic E-state index is 0.249. The molecule has 0 saturated heterocycles. The van der Waals surface area contributed by atoms with Gasteiger partial charge in [0.25, 0.3) is 0 Å². The molecular formula is C23H32O3. The maximum Gasteiger partial charge on any atom is 0.327 e. The highest BCUT2D eigenvalue weighted by Gasteiger charge is 2.58. The second-order valence-corrected chi connectivity index (χ2v) is 9.76. The Bertz CT molecular complexity index is 675. The van der Waals surface area contributed by atoms with Crippen LogP contribution in [0, 0.1) is 34.5 Å². The van der Waals surface area contributed by atoms with E-state index in [0.29, 0.717) is 17.1 Å². The van der Waals surface area contributed by atoms with E-state index in [1.807, 2.05) is 12.2 Å². The lowest BCUT2D eigenvalue weighted by atomic mass is 9.47. The van der Waals surface area contributed by atoms with E-state index in [1.165, 1.54) is 43.8 Å². The van der Waals surface area contributed by atoms with Crippen LogP contribution in [0.25, 0.3) is 0 Å². The lowest BCUT2D eigenvalue weighted by molar-refractivity contribution is -0.131.